The summed E-state index contributed by atoms with van der Waals surface area (Å²) in [7, 11) is 3.16. The third-order valence-corrected chi connectivity index (χ3v) is 14.5. The van der Waals surface area contributed by atoms with Gasteiger partial charge in [-0.05, 0) is 100 Å². The van der Waals surface area contributed by atoms with Gasteiger partial charge in [0, 0.05) is 52.9 Å². The van der Waals surface area contributed by atoms with Crippen LogP contribution in [0.1, 0.15) is 64.3 Å². The first kappa shape index (κ1) is 57.5. The fourth-order valence-electron chi connectivity index (χ4n) is 10.3. The van der Waals surface area contributed by atoms with Crippen LogP contribution in [0.25, 0.3) is 32.7 Å². The van der Waals surface area contributed by atoms with Gasteiger partial charge >= 0.3 is 6.09 Å². The first-order chi connectivity index (χ1) is 38.5. The predicted molar refractivity (Wildman–Crippen MR) is 313 cm³/mol. The van der Waals surface area contributed by atoms with Crippen LogP contribution in [-0.4, -0.2) is 99.5 Å². The quantitative estimate of drug-likeness (QED) is 0.0599. The second-order valence-electron chi connectivity index (χ2n) is 20.0. The van der Waals surface area contributed by atoms with Crippen molar-refractivity contribution in [2.24, 2.45) is 5.73 Å². The predicted octanol–water partition coefficient (Wildman–Crippen LogP) is 11.7. The van der Waals surface area contributed by atoms with Crippen LogP contribution in [0.15, 0.2) is 182 Å². The molecule has 4 atom stereocenters. The zero-order valence-electron chi connectivity index (χ0n) is 46.3. The highest BCUT2D eigenvalue weighted by molar-refractivity contribution is 5.89. The van der Waals surface area contributed by atoms with Crippen molar-refractivity contribution < 1.29 is 38.1 Å². The molecule has 2 unspecified atom stereocenters. The Morgan fingerprint density at radius 2 is 0.962 bits per heavy atom. The summed E-state index contributed by atoms with van der Waals surface area (Å²) in [4.78, 5) is 45.0. The zero-order chi connectivity index (χ0) is 55.7. The maximum Gasteiger partial charge on any atom is 0.407 e. The minimum atomic E-state index is -0.891. The average molecular weight is 1060 g/mol. The highest BCUT2D eigenvalue weighted by Crippen LogP contribution is 2.44. The molecule has 0 heterocycles. The van der Waals surface area contributed by atoms with Gasteiger partial charge in [-0.25, -0.2) is 4.79 Å². The Balaban J connectivity index is 0.000000229. The molecule has 3 amide bonds. The van der Waals surface area contributed by atoms with Crippen molar-refractivity contribution in [3.63, 3.8) is 0 Å². The van der Waals surface area contributed by atoms with Crippen LogP contribution < -0.4 is 11.1 Å². The van der Waals surface area contributed by atoms with Crippen molar-refractivity contribution >= 4 is 39.5 Å². The van der Waals surface area contributed by atoms with Crippen molar-refractivity contribution in [1.82, 2.24) is 15.1 Å². The number of alkyl carbamates (subject to hydrolysis) is 1. The number of benzene rings is 8. The largest absolute Gasteiger partial charge is 0.449 e. The van der Waals surface area contributed by atoms with Gasteiger partial charge in [-0.1, -0.05) is 193 Å². The number of hydrogen-bond donors (Lipinski definition) is 2. The van der Waals surface area contributed by atoms with Gasteiger partial charge in [0.25, 0.3) is 0 Å². The van der Waals surface area contributed by atoms with E-state index in [4.69, 9.17) is 29.4 Å². The lowest BCUT2D eigenvalue weighted by Crippen LogP contribution is -2.51. The number of methoxy groups -OCH3 is 2. The Bertz CT molecular complexity index is 3220. The molecule has 3 N–H and O–H groups in total. The number of ether oxygens (including phenoxy) is 5. The van der Waals surface area contributed by atoms with Gasteiger partial charge in [-0.2, -0.15) is 0 Å². The topological polar surface area (TPSA) is 142 Å². The van der Waals surface area contributed by atoms with Crippen molar-refractivity contribution in [2.45, 2.75) is 84.2 Å². The van der Waals surface area contributed by atoms with Gasteiger partial charge < -0.3 is 44.5 Å². The molecule has 1 aliphatic rings. The Morgan fingerprint density at radius 1 is 0.532 bits per heavy atom. The summed E-state index contributed by atoms with van der Waals surface area (Å²) in [5, 5.41) is 7.36. The first-order valence-electron chi connectivity index (χ1n) is 27.2. The molecule has 9 rings (SSSR count). The van der Waals surface area contributed by atoms with E-state index in [0.717, 1.165) is 71.6 Å². The van der Waals surface area contributed by atoms with E-state index in [1.54, 1.807) is 24.0 Å². The summed E-state index contributed by atoms with van der Waals surface area (Å²) < 4.78 is 28.4. The summed E-state index contributed by atoms with van der Waals surface area (Å²) in [6.07, 6.45) is -1.00. The van der Waals surface area contributed by atoms with Gasteiger partial charge in [-0.3, -0.25) is 9.59 Å². The second-order valence-corrected chi connectivity index (χ2v) is 20.0. The normalized spacial score (nSPS) is 13.3. The van der Waals surface area contributed by atoms with Crippen molar-refractivity contribution in [2.75, 3.05) is 47.1 Å². The fraction of sp³-hybridized carbons (Fsp3) is 0.299. The lowest BCUT2D eigenvalue weighted by atomic mass is 9.98. The molecule has 12 nitrogen and oxygen atoms in total. The molecule has 12 heteroatoms. The summed E-state index contributed by atoms with van der Waals surface area (Å²) in [6, 6.07) is 59.5. The van der Waals surface area contributed by atoms with Crippen LogP contribution in [0.5, 0.6) is 0 Å². The van der Waals surface area contributed by atoms with Crippen LogP contribution in [0.3, 0.4) is 0 Å². The summed E-state index contributed by atoms with van der Waals surface area (Å²) in [6.45, 7) is 10.2. The van der Waals surface area contributed by atoms with E-state index >= 15 is 0 Å². The van der Waals surface area contributed by atoms with E-state index in [2.05, 4.69) is 72.0 Å². The molecule has 8 aromatic carbocycles. The molecule has 79 heavy (non-hydrogen) atoms. The van der Waals surface area contributed by atoms with Gasteiger partial charge in [0.05, 0.1) is 19.1 Å². The number of amides is 3. The summed E-state index contributed by atoms with van der Waals surface area (Å²) in [5.74, 6) is -0.458. The van der Waals surface area contributed by atoms with Crippen LogP contribution >= 0.6 is 0 Å². The van der Waals surface area contributed by atoms with E-state index in [1.165, 1.54) is 5.56 Å². The maximum absolute atomic E-state index is 14.6. The number of aryl methyl sites for hydroxylation is 2. The molecule has 8 aromatic rings. The van der Waals surface area contributed by atoms with Crippen LogP contribution in [0.4, 0.5) is 4.79 Å². The minimum Gasteiger partial charge on any atom is -0.449 e. The number of hydrogen-bond acceptors (Lipinski definition) is 9. The standard InChI is InChI=1S/C41H42N2O5.C26H32N2O3/c1-4-47-39(46-3)26-43(25-31-14-11-13-30-12-5-6-15-32(30)31)40(44)38(24-29-22-20-28(2)21-23-29)42-41(45)48-27-37-35-18-9-7-16-33(35)34-17-8-10-19-36(34)37;1-4-31-25(30-3)18-28(17-22-10-7-9-21-8-5-6-11-23(21)22)26(29)24(27)16-20-14-12-19(2)13-15-20/h5-23,37-39H,4,24-27H2,1-3H3,(H,42,45);5-15,24-25H,4,16-18,27H2,1-3H3/t38-,39?;24-,25?/m10/s1. The lowest BCUT2D eigenvalue weighted by molar-refractivity contribution is -0.153. The third-order valence-electron chi connectivity index (χ3n) is 14.5. The summed E-state index contributed by atoms with van der Waals surface area (Å²) >= 11 is 0. The molecule has 1 aliphatic carbocycles. The van der Waals surface area contributed by atoms with Gasteiger partial charge in [0.2, 0.25) is 11.8 Å². The fourth-order valence-corrected chi connectivity index (χ4v) is 10.3. The molecule has 0 saturated carbocycles. The van der Waals surface area contributed by atoms with Crippen molar-refractivity contribution in [1.29, 1.82) is 0 Å². The van der Waals surface area contributed by atoms with E-state index in [0.29, 0.717) is 45.7 Å². The molecule has 0 saturated heterocycles. The number of nitrogens with two attached hydrogens (primary N) is 1. The SMILES string of the molecule is CCOC(CN(Cc1cccc2ccccc12)C(=O)[C@@H](Cc1ccc(C)cc1)NC(=O)OCC1c2ccccc2-c2ccccc21)OC.CCOC(CN(Cc1cccc2ccccc12)C(=O)[C@@H](N)Cc1ccc(C)cc1)OC. The van der Waals surface area contributed by atoms with Crippen LogP contribution in [-0.2, 0) is 59.2 Å². The monoisotopic (exact) mass is 1060 g/mol. The molecular formula is C67H74N4O8. The second kappa shape index (κ2) is 28.3. The number of fused-ring (bicyclic) bond motifs is 5. The Hall–Kier alpha value is -7.71. The molecule has 0 aliphatic heterocycles. The van der Waals surface area contributed by atoms with E-state index in [9.17, 15) is 14.4 Å². The smallest absolute Gasteiger partial charge is 0.407 e. The molecule has 0 bridgehead atoms. The number of carbonyl (C=O) groups excluding carboxylic acids is 3. The Kier molecular flexibility index (Phi) is 20.6. The Labute approximate surface area is 465 Å². The molecule has 0 radical (unpaired) electrons. The van der Waals surface area contributed by atoms with Gasteiger partial charge in [-0.15, -0.1) is 0 Å². The highest BCUT2D eigenvalue weighted by atomic mass is 16.7. The number of nitrogens with zero attached hydrogens (tertiary/aromatic N) is 2. The van der Waals surface area contributed by atoms with E-state index < -0.39 is 30.8 Å². The first-order valence-corrected chi connectivity index (χ1v) is 27.2. The number of rotatable bonds is 23. The molecule has 0 spiro atoms. The van der Waals surface area contributed by atoms with Crippen LogP contribution in [0, 0.1) is 13.8 Å². The minimum absolute atomic E-state index is 0.0917. The lowest BCUT2D eigenvalue weighted by Gasteiger charge is -2.31. The number of carbonyl (C=O) groups is 3. The molecule has 0 fully saturated rings. The molecule has 0 aromatic heterocycles. The van der Waals surface area contributed by atoms with E-state index in [1.807, 2.05) is 143 Å². The highest BCUT2D eigenvalue weighted by Gasteiger charge is 2.33. The van der Waals surface area contributed by atoms with Crippen molar-refractivity contribution in [3.8, 4) is 11.1 Å². The molecule has 410 valence electrons. The summed E-state index contributed by atoms with van der Waals surface area (Å²) in [5.41, 5.74) is 17.3. The van der Waals surface area contributed by atoms with Crippen molar-refractivity contribution in [3.05, 3.63) is 226 Å². The average Bonchev–Trinajstić information content (AvgIpc) is 4.07. The number of nitrogens with one attached hydrogen (secondary N) is 1. The zero-order valence-corrected chi connectivity index (χ0v) is 46.3. The maximum atomic E-state index is 14.6. The van der Waals surface area contributed by atoms with E-state index in [-0.39, 0.29) is 30.9 Å². The van der Waals surface area contributed by atoms with Crippen LogP contribution in [0.2, 0.25) is 0 Å². The van der Waals surface area contributed by atoms with Gasteiger partial charge in [0.15, 0.2) is 12.6 Å². The van der Waals surface area contributed by atoms with Gasteiger partial charge in [0.1, 0.15) is 12.6 Å². The molecular weight excluding hydrogens is 989 g/mol. The Morgan fingerprint density at radius 3 is 1.44 bits per heavy atom. The third kappa shape index (κ3) is 15.1.